The van der Waals surface area contributed by atoms with Crippen LogP contribution >= 0.6 is 0 Å². The molecule has 0 radical (unpaired) electrons. The lowest BCUT2D eigenvalue weighted by molar-refractivity contribution is -0.142. The zero-order chi connectivity index (χ0) is 10.6. The van der Waals surface area contributed by atoms with Crippen LogP contribution in [0, 0.1) is 5.92 Å². The maximum atomic E-state index is 11.3. The first-order valence-corrected chi connectivity index (χ1v) is 5.46. The number of hydrogen-bond acceptors (Lipinski definition) is 3. The quantitative estimate of drug-likeness (QED) is 0.701. The third-order valence-electron chi connectivity index (χ3n) is 3.42. The highest BCUT2D eigenvalue weighted by atomic mass is 16.5. The summed E-state index contributed by atoms with van der Waals surface area (Å²) in [4.78, 5) is 11.3. The monoisotopic (exact) mass is 199 g/mol. The molecular formula is C11H21NO2. The van der Waals surface area contributed by atoms with E-state index < -0.39 is 0 Å². The fourth-order valence-electron chi connectivity index (χ4n) is 2.52. The molecule has 1 fully saturated rings. The molecule has 0 aromatic heterocycles. The molecule has 0 aromatic carbocycles. The number of carbonyl (C=O) groups excluding carboxylic acids is 1. The molecular weight excluding hydrogens is 178 g/mol. The number of carbonyl (C=O) groups is 1. The van der Waals surface area contributed by atoms with Gasteiger partial charge in [0, 0.05) is 5.54 Å². The molecule has 2 atom stereocenters. The summed E-state index contributed by atoms with van der Waals surface area (Å²) in [5.41, 5.74) is 0.00183. The molecule has 1 aliphatic carbocycles. The van der Waals surface area contributed by atoms with E-state index >= 15 is 0 Å². The minimum Gasteiger partial charge on any atom is -0.469 e. The smallest absolute Gasteiger partial charge is 0.307 e. The van der Waals surface area contributed by atoms with Crippen molar-refractivity contribution in [2.45, 2.75) is 45.1 Å². The van der Waals surface area contributed by atoms with Gasteiger partial charge in [0.1, 0.15) is 0 Å². The van der Waals surface area contributed by atoms with Crippen LogP contribution in [-0.2, 0) is 9.53 Å². The highest BCUT2D eigenvalue weighted by Gasteiger charge is 2.41. The predicted molar refractivity (Wildman–Crippen MR) is 56.1 cm³/mol. The Labute approximate surface area is 86.2 Å². The van der Waals surface area contributed by atoms with E-state index in [0.29, 0.717) is 12.3 Å². The Hall–Kier alpha value is -0.570. The molecule has 0 spiro atoms. The second-order valence-corrected chi connectivity index (χ2v) is 4.23. The summed E-state index contributed by atoms with van der Waals surface area (Å²) in [6.07, 6.45) is 4.03. The lowest BCUT2D eigenvalue weighted by Crippen LogP contribution is -2.49. The predicted octanol–water partition coefficient (Wildman–Crippen LogP) is 1.72. The van der Waals surface area contributed by atoms with Crippen LogP contribution in [0.5, 0.6) is 0 Å². The van der Waals surface area contributed by atoms with Gasteiger partial charge in [0.25, 0.3) is 0 Å². The molecule has 3 heteroatoms. The van der Waals surface area contributed by atoms with Crippen molar-refractivity contribution < 1.29 is 9.53 Å². The first kappa shape index (κ1) is 11.5. The van der Waals surface area contributed by atoms with Gasteiger partial charge in [-0.2, -0.15) is 0 Å². The number of nitrogens with one attached hydrogen (secondary N) is 1. The van der Waals surface area contributed by atoms with Gasteiger partial charge in [0.2, 0.25) is 0 Å². The van der Waals surface area contributed by atoms with Crippen molar-refractivity contribution in [3.8, 4) is 0 Å². The molecule has 14 heavy (non-hydrogen) atoms. The van der Waals surface area contributed by atoms with E-state index in [0.717, 1.165) is 13.0 Å². The Morgan fingerprint density at radius 3 is 2.79 bits per heavy atom. The summed E-state index contributed by atoms with van der Waals surface area (Å²) >= 11 is 0. The molecule has 1 rings (SSSR count). The molecule has 0 bridgehead atoms. The first-order chi connectivity index (χ1) is 6.64. The van der Waals surface area contributed by atoms with E-state index in [9.17, 15) is 4.79 Å². The summed E-state index contributed by atoms with van der Waals surface area (Å²) in [7, 11) is 1.46. The molecule has 0 amide bonds. The van der Waals surface area contributed by atoms with Crippen molar-refractivity contribution in [3.63, 3.8) is 0 Å². The van der Waals surface area contributed by atoms with Crippen LogP contribution in [-0.4, -0.2) is 25.2 Å². The summed E-state index contributed by atoms with van der Waals surface area (Å²) in [6.45, 7) is 5.23. The number of ether oxygens (including phenoxy) is 1. The Balaban J connectivity index is 2.66. The average molecular weight is 199 g/mol. The molecule has 3 nitrogen and oxygen atoms in total. The van der Waals surface area contributed by atoms with E-state index in [1.54, 1.807) is 0 Å². The van der Waals surface area contributed by atoms with Gasteiger partial charge in [0.05, 0.1) is 13.5 Å². The maximum Gasteiger partial charge on any atom is 0.307 e. The number of esters is 1. The zero-order valence-corrected chi connectivity index (χ0v) is 9.43. The molecule has 82 valence electrons. The standard InChI is InChI=1S/C11H21NO2/c1-4-12-11(8-10(13)14-3)7-5-6-9(11)2/h9,12H,4-8H2,1-3H3. The molecule has 1 N–H and O–H groups in total. The summed E-state index contributed by atoms with van der Waals surface area (Å²) in [5.74, 6) is 0.473. The molecule has 2 unspecified atom stereocenters. The minimum atomic E-state index is -0.0975. The van der Waals surface area contributed by atoms with Crippen molar-refractivity contribution >= 4 is 5.97 Å². The zero-order valence-electron chi connectivity index (χ0n) is 9.43. The Morgan fingerprint density at radius 2 is 2.36 bits per heavy atom. The topological polar surface area (TPSA) is 38.3 Å². The highest BCUT2D eigenvalue weighted by molar-refractivity contribution is 5.70. The fourth-order valence-corrected chi connectivity index (χ4v) is 2.52. The van der Waals surface area contributed by atoms with E-state index in [1.807, 2.05) is 0 Å². The lowest BCUT2D eigenvalue weighted by Gasteiger charge is -2.33. The number of methoxy groups -OCH3 is 1. The van der Waals surface area contributed by atoms with Gasteiger partial charge in [-0.15, -0.1) is 0 Å². The van der Waals surface area contributed by atoms with Crippen molar-refractivity contribution in [2.75, 3.05) is 13.7 Å². The van der Waals surface area contributed by atoms with Crippen molar-refractivity contribution in [3.05, 3.63) is 0 Å². The molecule has 0 heterocycles. The summed E-state index contributed by atoms with van der Waals surface area (Å²) in [6, 6.07) is 0. The molecule has 0 saturated heterocycles. The van der Waals surface area contributed by atoms with E-state index in [2.05, 4.69) is 19.2 Å². The van der Waals surface area contributed by atoms with Gasteiger partial charge in [-0.05, 0) is 25.3 Å². The largest absolute Gasteiger partial charge is 0.469 e. The molecule has 1 aliphatic rings. The second kappa shape index (κ2) is 4.78. The number of rotatable bonds is 4. The minimum absolute atomic E-state index is 0.00183. The normalized spacial score (nSPS) is 31.8. The van der Waals surface area contributed by atoms with Crippen LogP contribution in [0.2, 0.25) is 0 Å². The summed E-state index contributed by atoms with van der Waals surface area (Å²) < 4.78 is 4.75. The third-order valence-corrected chi connectivity index (χ3v) is 3.42. The van der Waals surface area contributed by atoms with Crippen LogP contribution in [0.3, 0.4) is 0 Å². The van der Waals surface area contributed by atoms with Crippen molar-refractivity contribution in [2.24, 2.45) is 5.92 Å². The van der Waals surface area contributed by atoms with Gasteiger partial charge in [0.15, 0.2) is 0 Å². The number of hydrogen-bond donors (Lipinski definition) is 1. The Bertz CT molecular complexity index is 205. The highest BCUT2D eigenvalue weighted by Crippen LogP contribution is 2.38. The Kier molecular flexibility index (Phi) is 3.93. The van der Waals surface area contributed by atoms with E-state index in [-0.39, 0.29) is 11.5 Å². The van der Waals surface area contributed by atoms with Gasteiger partial charge in [-0.25, -0.2) is 0 Å². The van der Waals surface area contributed by atoms with E-state index in [4.69, 9.17) is 4.74 Å². The fraction of sp³-hybridized carbons (Fsp3) is 0.909. The SMILES string of the molecule is CCNC1(CC(=O)OC)CCCC1C. The van der Waals surface area contributed by atoms with Gasteiger partial charge >= 0.3 is 5.97 Å². The maximum absolute atomic E-state index is 11.3. The van der Waals surface area contributed by atoms with Crippen molar-refractivity contribution in [1.29, 1.82) is 0 Å². The van der Waals surface area contributed by atoms with Crippen LogP contribution in [0.1, 0.15) is 39.5 Å². The van der Waals surface area contributed by atoms with E-state index in [1.165, 1.54) is 20.0 Å². The van der Waals surface area contributed by atoms with Crippen LogP contribution < -0.4 is 5.32 Å². The van der Waals surface area contributed by atoms with Gasteiger partial charge in [-0.3, -0.25) is 4.79 Å². The first-order valence-electron chi connectivity index (χ1n) is 5.46. The van der Waals surface area contributed by atoms with Gasteiger partial charge in [-0.1, -0.05) is 20.3 Å². The molecule has 0 aromatic rings. The molecule has 1 saturated carbocycles. The second-order valence-electron chi connectivity index (χ2n) is 4.23. The average Bonchev–Trinajstić information content (AvgIpc) is 2.49. The van der Waals surface area contributed by atoms with Crippen LogP contribution in [0.15, 0.2) is 0 Å². The third kappa shape index (κ3) is 2.27. The van der Waals surface area contributed by atoms with Crippen molar-refractivity contribution in [1.82, 2.24) is 5.32 Å². The van der Waals surface area contributed by atoms with Gasteiger partial charge < -0.3 is 10.1 Å². The summed E-state index contributed by atoms with van der Waals surface area (Å²) in [5, 5.41) is 3.47. The Morgan fingerprint density at radius 1 is 1.64 bits per heavy atom. The lowest BCUT2D eigenvalue weighted by atomic mass is 9.85. The van der Waals surface area contributed by atoms with Crippen LogP contribution in [0.25, 0.3) is 0 Å². The molecule has 0 aliphatic heterocycles. The van der Waals surface area contributed by atoms with Crippen LogP contribution in [0.4, 0.5) is 0 Å².